The quantitative estimate of drug-likeness (QED) is 0.204. The zero-order valence-electron chi connectivity index (χ0n) is 33.8. The van der Waals surface area contributed by atoms with E-state index in [2.05, 4.69) is 53.8 Å². The summed E-state index contributed by atoms with van der Waals surface area (Å²) in [6.07, 6.45) is 11.9. The molecule has 3 N–H and O–H groups in total. The van der Waals surface area contributed by atoms with E-state index >= 15 is 0 Å². The third kappa shape index (κ3) is 6.02. The van der Waals surface area contributed by atoms with Gasteiger partial charge in [0.25, 0.3) is 0 Å². The molecule has 292 valence electrons. The second kappa shape index (κ2) is 13.5. The number of allylic oxidation sites excluding steroid dienone is 1. The number of hydrogen-bond acceptors (Lipinski definition) is 6. The first-order valence-electron chi connectivity index (χ1n) is 20.8. The standard InChI is InChI=1S/C44H69NO7/c1-26(2)35-29(46)23-44(32(47)25-45-37(49)27-13-11-10-12-14-27)22-21-42(8)28(36(35)44)15-16-31-41(7)19-18-33(52-34(48)24-39(3,4)38(50)51)40(5,6)30(41)17-20-43(31,42)9/h26-28,30-33,47H,10-25H2,1-9H3,(H,45,49)(H,50,51)/t28-,30-,31-,32?,33+,41+,42-,43-,44?/m1/s1. The summed E-state index contributed by atoms with van der Waals surface area (Å²) in [5.41, 5.74) is 0.159. The lowest BCUT2D eigenvalue weighted by atomic mass is 9.33. The van der Waals surface area contributed by atoms with Crippen LogP contribution in [0.1, 0.15) is 159 Å². The van der Waals surface area contributed by atoms with E-state index in [1.165, 1.54) is 12.0 Å². The maximum absolute atomic E-state index is 14.0. The number of fused-ring (bicyclic) bond motifs is 7. The number of ether oxygens (including phenoxy) is 1. The number of carbonyl (C=O) groups is 4. The molecule has 0 heterocycles. The van der Waals surface area contributed by atoms with Crippen molar-refractivity contribution in [3.63, 3.8) is 0 Å². The highest BCUT2D eigenvalue weighted by Crippen LogP contribution is 2.77. The van der Waals surface area contributed by atoms with Crippen LogP contribution in [0.5, 0.6) is 0 Å². The van der Waals surface area contributed by atoms with Crippen LogP contribution in [0, 0.1) is 62.1 Å². The summed E-state index contributed by atoms with van der Waals surface area (Å²) in [4.78, 5) is 52.0. The van der Waals surface area contributed by atoms with Gasteiger partial charge in [-0.05, 0) is 124 Å². The van der Waals surface area contributed by atoms with Crippen LogP contribution in [0.4, 0.5) is 0 Å². The van der Waals surface area contributed by atoms with Gasteiger partial charge in [0.1, 0.15) is 6.10 Å². The fourth-order valence-electron chi connectivity index (χ4n) is 13.8. The van der Waals surface area contributed by atoms with Crippen LogP contribution in [0.2, 0.25) is 0 Å². The molecule has 6 aliphatic rings. The number of esters is 1. The van der Waals surface area contributed by atoms with Gasteiger partial charge in [-0.1, -0.05) is 73.3 Å². The third-order valence-electron chi connectivity index (χ3n) is 16.9. The molecule has 5 fully saturated rings. The summed E-state index contributed by atoms with van der Waals surface area (Å²) in [6.45, 7) is 19.7. The molecule has 9 atom stereocenters. The molecule has 52 heavy (non-hydrogen) atoms. The summed E-state index contributed by atoms with van der Waals surface area (Å²) < 4.78 is 6.16. The molecule has 0 radical (unpaired) electrons. The molecule has 6 rings (SSSR count). The minimum absolute atomic E-state index is 0.0271. The molecule has 6 aliphatic carbocycles. The Hall–Kier alpha value is -2.22. The summed E-state index contributed by atoms with van der Waals surface area (Å²) in [5, 5.41) is 24.9. The van der Waals surface area contributed by atoms with Gasteiger partial charge in [-0.3, -0.25) is 19.2 Å². The number of aliphatic carboxylic acids is 1. The summed E-state index contributed by atoms with van der Waals surface area (Å²) in [5.74, 6) is -0.0352. The molecular weight excluding hydrogens is 654 g/mol. The second-order valence-corrected chi connectivity index (χ2v) is 20.7. The average molecular weight is 724 g/mol. The number of carboxylic acid groups (broad SMARTS) is 1. The Labute approximate surface area is 313 Å². The van der Waals surface area contributed by atoms with Gasteiger partial charge in [0.05, 0.1) is 17.9 Å². The smallest absolute Gasteiger partial charge is 0.309 e. The van der Waals surface area contributed by atoms with Crippen LogP contribution in [0.3, 0.4) is 0 Å². The topological polar surface area (TPSA) is 130 Å². The fraction of sp³-hybridized carbons (Fsp3) is 0.864. The molecule has 0 aromatic rings. The molecule has 0 spiro atoms. The lowest BCUT2D eigenvalue weighted by molar-refractivity contribution is -0.235. The van der Waals surface area contributed by atoms with Gasteiger partial charge < -0.3 is 20.3 Å². The first kappa shape index (κ1) is 39.5. The van der Waals surface area contributed by atoms with Crippen molar-refractivity contribution in [2.45, 2.75) is 171 Å². The number of rotatable bonds is 9. The van der Waals surface area contributed by atoms with Crippen LogP contribution in [-0.4, -0.2) is 52.6 Å². The van der Waals surface area contributed by atoms with Crippen molar-refractivity contribution in [2.75, 3.05) is 6.54 Å². The highest BCUT2D eigenvalue weighted by atomic mass is 16.5. The molecule has 0 saturated heterocycles. The minimum atomic E-state index is -1.17. The van der Waals surface area contributed by atoms with Gasteiger partial charge in [-0.25, -0.2) is 0 Å². The van der Waals surface area contributed by atoms with E-state index in [1.807, 2.05) is 0 Å². The highest BCUT2D eigenvalue weighted by Gasteiger charge is 2.70. The lowest BCUT2D eigenvalue weighted by Gasteiger charge is -2.72. The van der Waals surface area contributed by atoms with E-state index in [1.54, 1.807) is 13.8 Å². The molecule has 1 amide bonds. The van der Waals surface area contributed by atoms with Crippen molar-refractivity contribution < 1.29 is 34.1 Å². The number of carbonyl (C=O) groups excluding carboxylic acids is 3. The molecule has 0 aromatic heterocycles. The molecule has 0 aliphatic heterocycles. The Morgan fingerprint density at radius 3 is 2.17 bits per heavy atom. The Bertz CT molecular complexity index is 1490. The zero-order chi connectivity index (χ0) is 38.2. The Morgan fingerprint density at radius 2 is 1.54 bits per heavy atom. The summed E-state index contributed by atoms with van der Waals surface area (Å²) in [6, 6.07) is 0. The zero-order valence-corrected chi connectivity index (χ0v) is 33.8. The van der Waals surface area contributed by atoms with E-state index in [-0.39, 0.29) is 70.2 Å². The van der Waals surface area contributed by atoms with E-state index in [4.69, 9.17) is 4.74 Å². The van der Waals surface area contributed by atoms with Crippen LogP contribution >= 0.6 is 0 Å². The maximum Gasteiger partial charge on any atom is 0.309 e. The number of hydrogen-bond donors (Lipinski definition) is 3. The third-order valence-corrected chi connectivity index (χ3v) is 16.9. The maximum atomic E-state index is 14.0. The number of ketones is 1. The Kier molecular flexibility index (Phi) is 10.3. The number of aliphatic hydroxyl groups excluding tert-OH is 1. The Balaban J connectivity index is 1.26. The van der Waals surface area contributed by atoms with Crippen molar-refractivity contribution in [2.24, 2.45) is 62.1 Å². The van der Waals surface area contributed by atoms with Crippen LogP contribution in [-0.2, 0) is 23.9 Å². The SMILES string of the molecule is CC(C)C1=C2[C@H]3CC[C@@H]4[C@@]5(C)CC[C@H](OC(=O)CC(C)(C)C(=O)O)C(C)(C)[C@H]5CC[C@@]4(C)[C@]3(C)CCC2(C(O)CNC(=O)C2CCCCC2)CC1=O. The van der Waals surface area contributed by atoms with Crippen LogP contribution in [0.25, 0.3) is 0 Å². The first-order valence-corrected chi connectivity index (χ1v) is 20.8. The van der Waals surface area contributed by atoms with Gasteiger partial charge in [-0.2, -0.15) is 0 Å². The molecule has 8 nitrogen and oxygen atoms in total. The van der Waals surface area contributed by atoms with E-state index in [9.17, 15) is 29.4 Å². The summed E-state index contributed by atoms with van der Waals surface area (Å²) >= 11 is 0. The van der Waals surface area contributed by atoms with Gasteiger partial charge in [0, 0.05) is 29.7 Å². The first-order chi connectivity index (χ1) is 24.2. The number of aliphatic hydroxyl groups is 1. The minimum Gasteiger partial charge on any atom is -0.481 e. The van der Waals surface area contributed by atoms with Crippen LogP contribution in [0.15, 0.2) is 11.1 Å². The normalized spacial score (nSPS) is 39.6. The molecule has 0 aromatic carbocycles. The molecular formula is C44H69NO7. The largest absolute Gasteiger partial charge is 0.481 e. The van der Waals surface area contributed by atoms with Crippen molar-refractivity contribution in [3.8, 4) is 0 Å². The van der Waals surface area contributed by atoms with E-state index in [0.717, 1.165) is 82.6 Å². The fourth-order valence-corrected chi connectivity index (χ4v) is 13.8. The van der Waals surface area contributed by atoms with E-state index in [0.29, 0.717) is 18.3 Å². The number of Topliss-reactive ketones (excluding diaryl/α,β-unsaturated/α-hetero) is 1. The van der Waals surface area contributed by atoms with Crippen molar-refractivity contribution in [1.82, 2.24) is 5.32 Å². The number of amides is 1. The Morgan fingerprint density at radius 1 is 0.865 bits per heavy atom. The van der Waals surface area contributed by atoms with Gasteiger partial charge in [-0.15, -0.1) is 0 Å². The predicted molar refractivity (Wildman–Crippen MR) is 201 cm³/mol. The number of carboxylic acids is 1. The number of nitrogens with one attached hydrogen (secondary N) is 1. The monoisotopic (exact) mass is 724 g/mol. The molecule has 8 heteroatoms. The van der Waals surface area contributed by atoms with Gasteiger partial charge in [0.15, 0.2) is 5.78 Å². The second-order valence-electron chi connectivity index (χ2n) is 20.7. The van der Waals surface area contributed by atoms with Crippen molar-refractivity contribution >= 4 is 23.6 Å². The molecule has 5 saturated carbocycles. The predicted octanol–water partition coefficient (Wildman–Crippen LogP) is 8.44. The van der Waals surface area contributed by atoms with Crippen LogP contribution < -0.4 is 5.32 Å². The van der Waals surface area contributed by atoms with E-state index < -0.39 is 28.9 Å². The molecule has 0 bridgehead atoms. The van der Waals surface area contributed by atoms with Gasteiger partial charge >= 0.3 is 11.9 Å². The summed E-state index contributed by atoms with van der Waals surface area (Å²) in [7, 11) is 0. The lowest BCUT2D eigenvalue weighted by Crippen LogP contribution is -2.66. The van der Waals surface area contributed by atoms with Crippen molar-refractivity contribution in [3.05, 3.63) is 11.1 Å². The van der Waals surface area contributed by atoms with Gasteiger partial charge in [0.2, 0.25) is 5.91 Å². The molecule has 2 unspecified atom stereocenters. The highest BCUT2D eigenvalue weighted by molar-refractivity contribution is 6.00. The average Bonchev–Trinajstić information content (AvgIpc) is 3.38. The van der Waals surface area contributed by atoms with Crippen molar-refractivity contribution in [1.29, 1.82) is 0 Å².